The quantitative estimate of drug-likeness (QED) is 0.103. The average Bonchev–Trinajstić information content (AvgIpc) is 3.58. The summed E-state index contributed by atoms with van der Waals surface area (Å²) in [5.41, 5.74) is 0. The Morgan fingerprint density at radius 2 is 1.84 bits per heavy atom. The van der Waals surface area contributed by atoms with Crippen LogP contribution < -0.4 is 0 Å². The Balaban J connectivity index is 1.62. The Morgan fingerprint density at radius 3 is 2.53 bits per heavy atom. The number of piperidine rings is 1. The molecule has 0 radical (unpaired) electrons. The molecule has 10 heteroatoms. The molecule has 218 valence electrons. The lowest BCUT2D eigenvalue weighted by molar-refractivity contribution is -0.157. The van der Waals surface area contributed by atoms with E-state index in [2.05, 4.69) is 6.92 Å². The van der Waals surface area contributed by atoms with E-state index in [4.69, 9.17) is 14.2 Å². The minimum atomic E-state index is -2.13. The molecule has 0 saturated carbocycles. The minimum absolute atomic E-state index is 0.0882. The van der Waals surface area contributed by atoms with Crippen LogP contribution in [-0.2, 0) is 33.4 Å². The number of aliphatic hydroxyl groups is 2. The second-order valence-electron chi connectivity index (χ2n) is 10.9. The zero-order chi connectivity index (χ0) is 28.1. The summed E-state index contributed by atoms with van der Waals surface area (Å²) in [6, 6.07) is -0.630. The lowest BCUT2D eigenvalue weighted by Crippen LogP contribution is -2.51. The van der Waals surface area contributed by atoms with Crippen molar-refractivity contribution in [1.29, 1.82) is 0 Å². The largest absolute Gasteiger partial charge is 0.393 e. The van der Waals surface area contributed by atoms with Crippen LogP contribution in [0.3, 0.4) is 0 Å². The third-order valence-electron chi connectivity index (χ3n) is 7.76. The number of ketones is 2. The SMILES string of the molecule is COCCC(O)CC(=O)CCC(C)CCCCCC(CC1OC1(O)C(=O)C(=O)N1CCCCC1C=O)OC. The second-order valence-corrected chi connectivity index (χ2v) is 10.9. The number of unbranched alkanes of at least 4 members (excludes halogenated alkanes) is 2. The number of methoxy groups -OCH3 is 2. The predicted molar refractivity (Wildman–Crippen MR) is 139 cm³/mol. The van der Waals surface area contributed by atoms with Crippen molar-refractivity contribution < 1.29 is 43.6 Å². The van der Waals surface area contributed by atoms with Gasteiger partial charge in [-0.1, -0.05) is 32.6 Å². The first-order chi connectivity index (χ1) is 18.2. The molecule has 0 spiro atoms. The van der Waals surface area contributed by atoms with Gasteiger partial charge in [-0.2, -0.15) is 0 Å². The van der Waals surface area contributed by atoms with Gasteiger partial charge in [0, 0.05) is 46.6 Å². The van der Waals surface area contributed by atoms with E-state index >= 15 is 0 Å². The van der Waals surface area contributed by atoms with Crippen molar-refractivity contribution >= 4 is 23.8 Å². The number of nitrogens with zero attached hydrogens (tertiary/aromatic N) is 1. The summed E-state index contributed by atoms with van der Waals surface area (Å²) in [7, 11) is 3.15. The molecule has 2 saturated heterocycles. The molecule has 10 nitrogen and oxygen atoms in total. The lowest BCUT2D eigenvalue weighted by atomic mass is 9.94. The number of rotatable bonds is 20. The van der Waals surface area contributed by atoms with Crippen LogP contribution in [0.15, 0.2) is 0 Å². The molecule has 6 atom stereocenters. The van der Waals surface area contributed by atoms with Gasteiger partial charge in [0.1, 0.15) is 18.2 Å². The molecule has 2 aliphatic heterocycles. The van der Waals surface area contributed by atoms with Gasteiger partial charge in [-0.3, -0.25) is 14.4 Å². The third-order valence-corrected chi connectivity index (χ3v) is 7.76. The number of hydrogen-bond donors (Lipinski definition) is 2. The van der Waals surface area contributed by atoms with E-state index in [0.717, 1.165) is 44.9 Å². The molecule has 0 aromatic rings. The summed E-state index contributed by atoms with van der Waals surface area (Å²) in [5, 5.41) is 20.4. The van der Waals surface area contributed by atoms with Crippen LogP contribution in [0, 0.1) is 5.92 Å². The molecular formula is C28H47NO9. The van der Waals surface area contributed by atoms with Crippen LogP contribution in [0.25, 0.3) is 0 Å². The maximum absolute atomic E-state index is 12.7. The molecule has 0 aliphatic carbocycles. The molecule has 38 heavy (non-hydrogen) atoms. The number of amides is 1. The molecule has 2 N–H and O–H groups in total. The Morgan fingerprint density at radius 1 is 1.11 bits per heavy atom. The molecule has 2 heterocycles. The highest BCUT2D eigenvalue weighted by molar-refractivity contribution is 6.39. The van der Waals surface area contributed by atoms with Gasteiger partial charge in [0.05, 0.1) is 18.2 Å². The molecule has 2 fully saturated rings. The smallest absolute Gasteiger partial charge is 0.296 e. The molecule has 6 unspecified atom stereocenters. The fraction of sp³-hybridized carbons (Fsp3) is 0.857. The van der Waals surface area contributed by atoms with Gasteiger partial charge in [-0.05, 0) is 44.4 Å². The summed E-state index contributed by atoms with van der Waals surface area (Å²) in [4.78, 5) is 49.8. The number of ether oxygens (including phenoxy) is 3. The van der Waals surface area contributed by atoms with Crippen LogP contribution in [0.4, 0.5) is 0 Å². The van der Waals surface area contributed by atoms with Crippen molar-refractivity contribution in [3.05, 3.63) is 0 Å². The summed E-state index contributed by atoms with van der Waals surface area (Å²) in [6.45, 7) is 2.91. The van der Waals surface area contributed by atoms with Gasteiger partial charge in [0.15, 0.2) is 0 Å². The topological polar surface area (TPSA) is 143 Å². The number of Topliss-reactive ketones (excluding diaryl/α,β-unsaturated/α-hetero) is 2. The van der Waals surface area contributed by atoms with E-state index in [0.29, 0.717) is 57.5 Å². The molecular weight excluding hydrogens is 494 g/mol. The van der Waals surface area contributed by atoms with Crippen molar-refractivity contribution in [2.24, 2.45) is 5.92 Å². The van der Waals surface area contributed by atoms with Gasteiger partial charge >= 0.3 is 0 Å². The van der Waals surface area contributed by atoms with Crippen molar-refractivity contribution in [2.45, 2.75) is 121 Å². The maximum atomic E-state index is 12.7. The van der Waals surface area contributed by atoms with Crippen LogP contribution in [0.2, 0.25) is 0 Å². The highest BCUT2D eigenvalue weighted by Crippen LogP contribution is 2.39. The van der Waals surface area contributed by atoms with Crippen LogP contribution in [0.1, 0.15) is 90.4 Å². The van der Waals surface area contributed by atoms with Crippen LogP contribution >= 0.6 is 0 Å². The summed E-state index contributed by atoms with van der Waals surface area (Å²) >= 11 is 0. The number of carbonyl (C=O) groups is 4. The van der Waals surface area contributed by atoms with E-state index in [1.165, 1.54) is 4.90 Å². The lowest BCUT2D eigenvalue weighted by Gasteiger charge is -2.31. The van der Waals surface area contributed by atoms with Crippen LogP contribution in [0.5, 0.6) is 0 Å². The fourth-order valence-corrected chi connectivity index (χ4v) is 5.11. The van der Waals surface area contributed by atoms with E-state index in [9.17, 15) is 29.4 Å². The number of aliphatic hydroxyl groups excluding tert-OH is 1. The van der Waals surface area contributed by atoms with Crippen molar-refractivity contribution in [3.8, 4) is 0 Å². The van der Waals surface area contributed by atoms with Gasteiger partial charge in [0.2, 0.25) is 0 Å². The fourth-order valence-electron chi connectivity index (χ4n) is 5.11. The second kappa shape index (κ2) is 16.4. The number of hydrogen-bond acceptors (Lipinski definition) is 9. The van der Waals surface area contributed by atoms with Crippen LogP contribution in [-0.4, -0.2) is 96.4 Å². The van der Waals surface area contributed by atoms with E-state index in [1.807, 2.05) is 0 Å². The highest BCUT2D eigenvalue weighted by atomic mass is 16.7. The van der Waals surface area contributed by atoms with Crippen molar-refractivity contribution in [2.75, 3.05) is 27.4 Å². The molecule has 2 aliphatic rings. The zero-order valence-corrected chi connectivity index (χ0v) is 23.3. The molecule has 0 aromatic heterocycles. The van der Waals surface area contributed by atoms with Gasteiger partial charge in [-0.25, -0.2) is 0 Å². The molecule has 2 rings (SSSR count). The van der Waals surface area contributed by atoms with Gasteiger partial charge in [-0.15, -0.1) is 0 Å². The first-order valence-corrected chi connectivity index (χ1v) is 14.1. The first kappa shape index (κ1) is 32.5. The van der Waals surface area contributed by atoms with E-state index < -0.39 is 35.7 Å². The van der Waals surface area contributed by atoms with E-state index in [-0.39, 0.29) is 18.3 Å². The number of aldehydes is 1. The standard InChI is InChI=1S/C28H47NO9/c1-20(12-13-22(31)17-23(32)14-16-36-2)9-5-4-6-11-24(37-3)18-25-28(35,38-25)26(33)27(34)29-15-8-7-10-21(29)19-30/h19-21,23-25,32,35H,4-18H2,1-3H3. The molecule has 0 bridgehead atoms. The monoisotopic (exact) mass is 541 g/mol. The Labute approximate surface area is 226 Å². The molecule has 0 aromatic carbocycles. The zero-order valence-electron chi connectivity index (χ0n) is 23.3. The normalized spacial score (nSPS) is 25.4. The number of likely N-dealkylation sites (tertiary alicyclic amines) is 1. The summed E-state index contributed by atoms with van der Waals surface area (Å²) < 4.78 is 15.7. The van der Waals surface area contributed by atoms with Crippen molar-refractivity contribution in [1.82, 2.24) is 4.90 Å². The number of epoxide rings is 1. The van der Waals surface area contributed by atoms with E-state index in [1.54, 1.807) is 14.2 Å². The first-order valence-electron chi connectivity index (χ1n) is 14.1. The Hall–Kier alpha value is -1.72. The highest BCUT2D eigenvalue weighted by Gasteiger charge is 2.64. The molecule has 1 amide bonds. The Kier molecular flexibility index (Phi) is 14.0. The van der Waals surface area contributed by atoms with Crippen molar-refractivity contribution in [3.63, 3.8) is 0 Å². The third kappa shape index (κ3) is 10.1. The van der Waals surface area contributed by atoms with Gasteiger partial charge in [0.25, 0.3) is 17.5 Å². The average molecular weight is 542 g/mol. The summed E-state index contributed by atoms with van der Waals surface area (Å²) in [5.74, 6) is -3.50. The van der Waals surface area contributed by atoms with Gasteiger partial charge < -0.3 is 34.1 Å². The number of carbonyl (C=O) groups excluding carboxylic acids is 4. The summed E-state index contributed by atoms with van der Waals surface area (Å²) in [6.07, 6.45) is 8.01. The maximum Gasteiger partial charge on any atom is 0.296 e. The Bertz CT molecular complexity index is 775. The predicted octanol–water partition coefficient (Wildman–Crippen LogP) is 2.35. The minimum Gasteiger partial charge on any atom is -0.393 e.